The molecule has 7 atom stereocenters. The van der Waals surface area contributed by atoms with Crippen molar-refractivity contribution in [2.75, 3.05) is 13.2 Å². The van der Waals surface area contributed by atoms with Crippen LogP contribution in [-0.2, 0) is 28.9 Å². The molecule has 7 unspecified atom stereocenters. The van der Waals surface area contributed by atoms with Crippen LogP contribution < -0.4 is 5.32 Å². The number of amides is 1. The van der Waals surface area contributed by atoms with Gasteiger partial charge in [-0.25, -0.2) is 4.18 Å². The van der Waals surface area contributed by atoms with Crippen molar-refractivity contribution in [2.24, 2.45) is 0 Å². The molecule has 1 saturated heterocycles. The number of unbranched alkanes of at least 4 members (excludes halogenated alkanes) is 36. The Bertz CT molecular complexity index is 1260. The van der Waals surface area contributed by atoms with Gasteiger partial charge in [-0.15, -0.1) is 0 Å². The van der Waals surface area contributed by atoms with Gasteiger partial charge in [0.2, 0.25) is 5.91 Å². The third kappa shape index (κ3) is 37.6. The quantitative estimate of drug-likeness (QED) is 0.0193. The molecule has 0 radical (unpaired) electrons. The van der Waals surface area contributed by atoms with Crippen molar-refractivity contribution in [3.8, 4) is 0 Å². The number of hydrogen-bond acceptors (Lipinski definition) is 10. The molecule has 0 aromatic rings. The molecule has 404 valence electrons. The van der Waals surface area contributed by atoms with Crippen molar-refractivity contribution < 1.29 is 51.8 Å². The fourth-order valence-electron chi connectivity index (χ4n) is 9.40. The predicted molar refractivity (Wildman–Crippen MR) is 278 cm³/mol. The van der Waals surface area contributed by atoms with E-state index in [1.165, 1.54) is 199 Å². The summed E-state index contributed by atoms with van der Waals surface area (Å²) in [6.07, 6.45) is 45.1. The molecule has 1 heterocycles. The van der Waals surface area contributed by atoms with Crippen LogP contribution in [0.1, 0.15) is 277 Å². The Morgan fingerprint density at radius 1 is 0.574 bits per heavy atom. The Morgan fingerprint density at radius 3 is 1.32 bits per heavy atom. The van der Waals surface area contributed by atoms with E-state index in [-0.39, 0.29) is 12.5 Å². The molecule has 1 amide bonds. The lowest BCUT2D eigenvalue weighted by molar-refractivity contribution is -0.298. The van der Waals surface area contributed by atoms with Gasteiger partial charge in [0.1, 0.15) is 24.4 Å². The zero-order chi connectivity index (χ0) is 49.8. The van der Waals surface area contributed by atoms with E-state index in [1.807, 2.05) is 0 Å². The van der Waals surface area contributed by atoms with Crippen LogP contribution in [0, 0.1) is 0 Å². The van der Waals surface area contributed by atoms with Gasteiger partial charge in [-0.05, 0) is 38.5 Å². The van der Waals surface area contributed by atoms with E-state index in [0.29, 0.717) is 12.8 Å². The minimum absolute atomic E-state index is 0.227. The molecule has 0 saturated carbocycles. The first kappa shape index (κ1) is 64.9. The normalized spacial score (nSPS) is 19.8. The molecule has 1 fully saturated rings. The van der Waals surface area contributed by atoms with Crippen LogP contribution in [0.25, 0.3) is 0 Å². The molecule has 13 heteroatoms. The number of ether oxygens (including phenoxy) is 2. The number of hydrogen-bond donors (Lipinski definition) is 6. The predicted octanol–water partition coefficient (Wildman–Crippen LogP) is 13.1. The molecule has 0 aromatic heterocycles. The lowest BCUT2D eigenvalue weighted by atomic mass is 9.99. The molecular formula is C55H107NO11S. The van der Waals surface area contributed by atoms with Gasteiger partial charge in [-0.2, -0.15) is 8.42 Å². The van der Waals surface area contributed by atoms with E-state index < -0.39 is 59.9 Å². The third-order valence-corrected chi connectivity index (χ3v) is 14.3. The van der Waals surface area contributed by atoms with Crippen molar-refractivity contribution in [2.45, 2.75) is 320 Å². The SMILES string of the molecule is CCCCCCCCCCCCCC/C=C\CCCCCCCCCCCCC(=O)NC(COC1OC(CO)C(O)C(OS(=O)(=O)O)C1O)C(O)CCCCCCCCCCCCCCCCC. The number of carbonyl (C=O) groups is 1. The summed E-state index contributed by atoms with van der Waals surface area (Å²) in [5.41, 5.74) is 0. The first-order valence-corrected chi connectivity index (χ1v) is 29.9. The molecule has 1 aliphatic heterocycles. The van der Waals surface area contributed by atoms with Crippen LogP contribution in [0.4, 0.5) is 0 Å². The average molecular weight is 991 g/mol. The Balaban J connectivity index is 2.32. The third-order valence-electron chi connectivity index (χ3n) is 13.8. The fraction of sp³-hybridized carbons (Fsp3) is 0.945. The van der Waals surface area contributed by atoms with Gasteiger partial charge in [0.05, 0.1) is 25.4 Å². The van der Waals surface area contributed by atoms with Gasteiger partial charge in [-0.1, -0.05) is 244 Å². The van der Waals surface area contributed by atoms with Gasteiger partial charge in [-0.3, -0.25) is 9.35 Å². The van der Waals surface area contributed by atoms with Gasteiger partial charge in [0.15, 0.2) is 6.29 Å². The minimum atomic E-state index is -5.08. The van der Waals surface area contributed by atoms with Crippen molar-refractivity contribution >= 4 is 16.3 Å². The van der Waals surface area contributed by atoms with Crippen LogP contribution in [0.2, 0.25) is 0 Å². The van der Waals surface area contributed by atoms with Gasteiger partial charge >= 0.3 is 10.4 Å². The number of allylic oxidation sites excluding steroid dienone is 2. The Hall–Kier alpha value is -1.16. The summed E-state index contributed by atoms with van der Waals surface area (Å²) in [4.78, 5) is 13.1. The average Bonchev–Trinajstić information content (AvgIpc) is 3.31. The lowest BCUT2D eigenvalue weighted by Gasteiger charge is -2.41. The van der Waals surface area contributed by atoms with Gasteiger partial charge in [0, 0.05) is 6.42 Å². The molecule has 6 N–H and O–H groups in total. The van der Waals surface area contributed by atoms with E-state index >= 15 is 0 Å². The van der Waals surface area contributed by atoms with Crippen LogP contribution in [0.3, 0.4) is 0 Å². The highest BCUT2D eigenvalue weighted by Gasteiger charge is 2.48. The number of nitrogens with one attached hydrogen (secondary N) is 1. The van der Waals surface area contributed by atoms with E-state index in [1.54, 1.807) is 0 Å². The lowest BCUT2D eigenvalue weighted by Crippen LogP contribution is -2.61. The topological polar surface area (TPSA) is 192 Å². The highest BCUT2D eigenvalue weighted by Crippen LogP contribution is 2.26. The monoisotopic (exact) mass is 990 g/mol. The second-order valence-electron chi connectivity index (χ2n) is 20.2. The molecule has 0 aromatic carbocycles. The smallest absolute Gasteiger partial charge is 0.394 e. The summed E-state index contributed by atoms with van der Waals surface area (Å²) in [7, 11) is -5.08. The van der Waals surface area contributed by atoms with Crippen molar-refractivity contribution in [3.05, 3.63) is 12.2 Å². The zero-order valence-electron chi connectivity index (χ0n) is 43.7. The summed E-state index contributed by atoms with van der Waals surface area (Å²) in [6, 6.07) is -0.856. The molecule has 1 aliphatic rings. The molecule has 12 nitrogen and oxygen atoms in total. The van der Waals surface area contributed by atoms with E-state index in [2.05, 4.69) is 35.5 Å². The number of aliphatic hydroxyl groups is 4. The summed E-state index contributed by atoms with van der Waals surface area (Å²) in [5.74, 6) is -0.227. The number of aliphatic hydroxyl groups excluding tert-OH is 4. The van der Waals surface area contributed by atoms with Crippen molar-refractivity contribution in [3.63, 3.8) is 0 Å². The van der Waals surface area contributed by atoms with Gasteiger partial charge in [0.25, 0.3) is 0 Å². The molecule has 1 rings (SSSR count). The van der Waals surface area contributed by atoms with E-state index in [4.69, 9.17) is 9.47 Å². The summed E-state index contributed by atoms with van der Waals surface area (Å²) in [5, 5.41) is 45.1. The van der Waals surface area contributed by atoms with Crippen LogP contribution in [0.15, 0.2) is 12.2 Å². The number of carbonyl (C=O) groups excluding carboxylic acids is 1. The van der Waals surface area contributed by atoms with E-state index in [9.17, 15) is 38.2 Å². The van der Waals surface area contributed by atoms with Crippen molar-refractivity contribution in [1.29, 1.82) is 0 Å². The van der Waals surface area contributed by atoms with Crippen LogP contribution in [-0.4, -0.2) is 95.4 Å². The first-order chi connectivity index (χ1) is 33.0. The summed E-state index contributed by atoms with van der Waals surface area (Å²) < 4.78 is 47.9. The summed E-state index contributed by atoms with van der Waals surface area (Å²) >= 11 is 0. The standard InChI is InChI=1S/C55H107NO11S/c1-3-5-7-9-11-13-15-17-19-20-21-22-23-24-25-26-27-28-29-31-33-35-37-39-41-43-45-51(59)56-48(47-65-55-53(61)54(67-68(62,63)64)52(60)50(46-57)66-55)49(58)44-42-40-38-36-34-32-30-18-16-14-12-10-8-6-4-2/h24-25,48-50,52-55,57-58,60-61H,3-23,26-47H2,1-2H3,(H,56,59)(H,62,63,64)/b25-24-. The highest BCUT2D eigenvalue weighted by molar-refractivity contribution is 7.80. The second-order valence-corrected chi connectivity index (χ2v) is 21.3. The van der Waals surface area contributed by atoms with Gasteiger partial charge < -0.3 is 35.2 Å². The fourth-order valence-corrected chi connectivity index (χ4v) is 9.91. The Morgan fingerprint density at radius 2 is 0.941 bits per heavy atom. The molecule has 68 heavy (non-hydrogen) atoms. The summed E-state index contributed by atoms with van der Waals surface area (Å²) in [6.45, 7) is 3.49. The van der Waals surface area contributed by atoms with Crippen LogP contribution >= 0.6 is 0 Å². The maximum absolute atomic E-state index is 13.1. The second kappa shape index (κ2) is 45.7. The number of rotatable bonds is 50. The molecule has 0 spiro atoms. The Labute approximate surface area is 417 Å². The largest absolute Gasteiger partial charge is 0.397 e. The molecular weight excluding hydrogens is 883 g/mol. The van der Waals surface area contributed by atoms with Crippen LogP contribution in [0.5, 0.6) is 0 Å². The van der Waals surface area contributed by atoms with Crippen molar-refractivity contribution in [1.82, 2.24) is 5.32 Å². The first-order valence-electron chi connectivity index (χ1n) is 28.6. The zero-order valence-corrected chi connectivity index (χ0v) is 44.5. The highest BCUT2D eigenvalue weighted by atomic mass is 32.3. The molecule has 0 aliphatic carbocycles. The maximum Gasteiger partial charge on any atom is 0.397 e. The molecule has 0 bridgehead atoms. The maximum atomic E-state index is 13.1. The minimum Gasteiger partial charge on any atom is -0.394 e. The Kier molecular flexibility index (Phi) is 43.6. The van der Waals surface area contributed by atoms with E-state index in [0.717, 1.165) is 51.4 Å².